The van der Waals surface area contributed by atoms with E-state index >= 15 is 0 Å². The number of halogens is 1. The largest absolute Gasteiger partial charge is 0.389 e. The van der Waals surface area contributed by atoms with E-state index in [1.54, 1.807) is 12.1 Å². The Bertz CT molecular complexity index is 1030. The number of carbonyl (C=O) groups is 1. The van der Waals surface area contributed by atoms with Gasteiger partial charge in [0.25, 0.3) is 5.91 Å². The number of thiazole rings is 1. The molecule has 1 amide bonds. The second-order valence-electron chi connectivity index (χ2n) is 8.89. The van der Waals surface area contributed by atoms with Crippen molar-refractivity contribution in [2.45, 2.75) is 36.3 Å². The molecule has 1 aromatic heterocycles. The summed E-state index contributed by atoms with van der Waals surface area (Å²) in [4.78, 5) is 25.5. The zero-order chi connectivity index (χ0) is 25.0. The van der Waals surface area contributed by atoms with Crippen LogP contribution in [0.15, 0.2) is 40.5 Å². The molecule has 2 N–H and O–H groups in total. The highest BCUT2D eigenvalue weighted by Crippen LogP contribution is 2.53. The summed E-state index contributed by atoms with van der Waals surface area (Å²) in [6.45, 7) is 3.00. The van der Waals surface area contributed by atoms with E-state index in [-0.39, 0.29) is 16.9 Å². The Morgan fingerprint density at radius 3 is 2.66 bits per heavy atom. The van der Waals surface area contributed by atoms with Gasteiger partial charge in [-0.25, -0.2) is 9.29 Å². The monoisotopic (exact) mass is 525 g/mol. The Labute approximate surface area is 210 Å². The zero-order valence-electron chi connectivity index (χ0n) is 20.1. The Kier molecular flexibility index (Phi) is 8.40. The summed E-state index contributed by atoms with van der Waals surface area (Å²) in [5.74, 6) is -0.562. The van der Waals surface area contributed by atoms with Gasteiger partial charge in [-0.3, -0.25) is 10.1 Å². The van der Waals surface area contributed by atoms with E-state index in [4.69, 9.17) is 9.57 Å². The summed E-state index contributed by atoms with van der Waals surface area (Å²) in [5, 5.41) is 6.33. The molecule has 2 aliphatic rings. The lowest BCUT2D eigenvalue weighted by Gasteiger charge is -2.46. The van der Waals surface area contributed by atoms with Crippen molar-refractivity contribution in [1.82, 2.24) is 14.2 Å². The van der Waals surface area contributed by atoms with E-state index in [1.807, 2.05) is 25.4 Å². The summed E-state index contributed by atoms with van der Waals surface area (Å²) in [6, 6.07) is 7.43. The molecule has 35 heavy (non-hydrogen) atoms. The number of nitrogens with zero attached hydrogens (tertiary/aromatic N) is 4. The summed E-state index contributed by atoms with van der Waals surface area (Å²) < 4.78 is 32.2. The third kappa shape index (κ3) is 6.38. The number of ether oxygens (including phenoxy) is 1. The fraction of sp³-hybridized carbons (Fsp3) is 0.522. The van der Waals surface area contributed by atoms with Crippen LogP contribution in [0.4, 0.5) is 9.52 Å². The van der Waals surface area contributed by atoms with Crippen molar-refractivity contribution in [2.75, 3.05) is 52.0 Å². The van der Waals surface area contributed by atoms with Crippen LogP contribution in [0.5, 0.6) is 0 Å². The number of anilines is 1. The third-order valence-corrected chi connectivity index (χ3v) is 9.72. The molecule has 0 spiro atoms. The smallest absolute Gasteiger partial charge is 0.280 e. The Morgan fingerprint density at radius 2 is 2.06 bits per heavy atom. The van der Waals surface area contributed by atoms with Gasteiger partial charge in [-0.1, -0.05) is 39.1 Å². The first-order valence-electron chi connectivity index (χ1n) is 11.5. The summed E-state index contributed by atoms with van der Waals surface area (Å²) in [7, 11) is 1.88. The number of oxime groups is 1. The van der Waals surface area contributed by atoms with Gasteiger partial charge in [0, 0.05) is 29.2 Å². The molecule has 0 bridgehead atoms. The number of benzene rings is 1. The summed E-state index contributed by atoms with van der Waals surface area (Å²) >= 11 is 0.731. The first-order chi connectivity index (χ1) is 16.7. The maximum Gasteiger partial charge on any atom is 0.280 e. The Morgan fingerprint density at radius 1 is 1.34 bits per heavy atom. The van der Waals surface area contributed by atoms with Gasteiger partial charge < -0.3 is 19.0 Å². The number of hydrogen-bond acceptors (Lipinski definition) is 9. The van der Waals surface area contributed by atoms with Gasteiger partial charge in [0.05, 0.1) is 19.4 Å². The SMILES string of the molecule is CN1CCC(N(C)S(C)(O)c2ccc(/C(=N\O[C@@H]3CCOC3)C(=O)Nc3ncc(F)s3)cc2)CC1. The second-order valence-corrected chi connectivity index (χ2v) is 12.6. The van der Waals surface area contributed by atoms with E-state index in [9.17, 15) is 13.7 Å². The van der Waals surface area contributed by atoms with Crippen molar-refractivity contribution in [3.8, 4) is 0 Å². The third-order valence-electron chi connectivity index (χ3n) is 6.43. The molecule has 4 rings (SSSR count). The highest BCUT2D eigenvalue weighted by molar-refractivity contribution is 8.26. The van der Waals surface area contributed by atoms with Crippen LogP contribution >= 0.6 is 21.8 Å². The van der Waals surface area contributed by atoms with Crippen LogP contribution in [-0.4, -0.2) is 89.2 Å². The molecular weight excluding hydrogens is 493 g/mol. The quantitative estimate of drug-likeness (QED) is 0.401. The molecule has 3 heterocycles. The van der Waals surface area contributed by atoms with E-state index in [0.717, 1.165) is 48.4 Å². The molecule has 2 atom stereocenters. The zero-order valence-corrected chi connectivity index (χ0v) is 21.8. The first-order valence-corrected chi connectivity index (χ1v) is 14.3. The number of nitrogens with one attached hydrogen (secondary N) is 1. The van der Waals surface area contributed by atoms with Crippen molar-refractivity contribution in [2.24, 2.45) is 5.16 Å². The van der Waals surface area contributed by atoms with Crippen LogP contribution in [0.25, 0.3) is 0 Å². The molecule has 2 fully saturated rings. The number of aromatic nitrogens is 1. The van der Waals surface area contributed by atoms with Gasteiger partial charge in [-0.2, -0.15) is 4.39 Å². The summed E-state index contributed by atoms with van der Waals surface area (Å²) in [6.07, 6.45) is 5.37. The molecule has 1 aromatic carbocycles. The van der Waals surface area contributed by atoms with Crippen LogP contribution in [0.1, 0.15) is 24.8 Å². The topological polar surface area (TPSA) is 99.5 Å². The lowest BCUT2D eigenvalue weighted by atomic mass is 10.1. The lowest BCUT2D eigenvalue weighted by Crippen LogP contribution is -2.42. The van der Waals surface area contributed by atoms with Gasteiger partial charge in [-0.05, 0) is 52.2 Å². The van der Waals surface area contributed by atoms with E-state index in [1.165, 1.54) is 0 Å². The second kappa shape index (κ2) is 11.3. The number of amides is 1. The molecule has 9 nitrogen and oxygen atoms in total. The van der Waals surface area contributed by atoms with Gasteiger partial charge in [0.15, 0.2) is 22.1 Å². The molecule has 12 heteroatoms. The molecule has 0 aliphatic carbocycles. The van der Waals surface area contributed by atoms with Crippen molar-refractivity contribution in [1.29, 1.82) is 0 Å². The molecule has 0 radical (unpaired) electrons. The molecule has 2 aliphatic heterocycles. The van der Waals surface area contributed by atoms with E-state index in [0.29, 0.717) is 31.2 Å². The van der Waals surface area contributed by atoms with Crippen LogP contribution in [0.2, 0.25) is 0 Å². The number of carbonyl (C=O) groups excluding carboxylic acids is 1. The van der Waals surface area contributed by atoms with Gasteiger partial charge in [-0.15, -0.1) is 0 Å². The van der Waals surface area contributed by atoms with E-state index in [2.05, 4.69) is 31.7 Å². The molecule has 2 saturated heterocycles. The predicted molar refractivity (Wildman–Crippen MR) is 137 cm³/mol. The minimum absolute atomic E-state index is 0.0392. The van der Waals surface area contributed by atoms with Gasteiger partial charge in [0.2, 0.25) is 0 Å². The molecular formula is C23H32FN5O4S2. The molecule has 1 unspecified atom stereocenters. The number of hydrogen-bond donors (Lipinski definition) is 2. The minimum Gasteiger partial charge on any atom is -0.389 e. The number of likely N-dealkylation sites (tertiary alicyclic amines) is 1. The minimum atomic E-state index is -2.21. The highest BCUT2D eigenvalue weighted by atomic mass is 32.3. The van der Waals surface area contributed by atoms with E-state index < -0.39 is 21.5 Å². The average molecular weight is 526 g/mol. The fourth-order valence-electron chi connectivity index (χ4n) is 4.10. The van der Waals surface area contributed by atoms with Crippen molar-refractivity contribution < 1.29 is 23.3 Å². The van der Waals surface area contributed by atoms with Crippen LogP contribution in [0.3, 0.4) is 0 Å². The van der Waals surface area contributed by atoms with Crippen LogP contribution in [-0.2, 0) is 14.4 Å². The van der Waals surface area contributed by atoms with Gasteiger partial charge >= 0.3 is 0 Å². The molecule has 192 valence electrons. The number of rotatable bonds is 8. The first kappa shape index (κ1) is 26.0. The van der Waals surface area contributed by atoms with Crippen LogP contribution in [0, 0.1) is 5.13 Å². The molecule has 2 aromatic rings. The normalized spacial score (nSPS) is 22.7. The maximum atomic E-state index is 13.3. The fourth-order valence-corrected chi connectivity index (χ4v) is 6.42. The van der Waals surface area contributed by atoms with Gasteiger partial charge in [0.1, 0.15) is 0 Å². The van der Waals surface area contributed by atoms with Crippen molar-refractivity contribution in [3.63, 3.8) is 0 Å². The lowest BCUT2D eigenvalue weighted by molar-refractivity contribution is -0.110. The standard InChI is InChI=1S/C23H32FN5O4S2/c1-28-11-8-17(9-12-28)29(2)35(3,31)19-6-4-16(5-7-19)21(27-33-18-10-13-32-15-18)22(30)26-23-25-14-20(24)34-23/h4-7,14,17-18,31H,8-13,15H2,1-3H3,(H,25,26,30)/b27-21+/t18-/m1/s1. The average Bonchev–Trinajstić information content (AvgIpc) is 3.51. The van der Waals surface area contributed by atoms with Crippen molar-refractivity contribution in [3.05, 3.63) is 41.2 Å². The predicted octanol–water partition coefficient (Wildman–Crippen LogP) is 3.64. The van der Waals surface area contributed by atoms with Crippen molar-refractivity contribution >= 4 is 38.6 Å². The molecule has 0 saturated carbocycles. The number of piperidine rings is 1. The maximum absolute atomic E-state index is 13.3. The Hall–Kier alpha value is -2.09. The van der Waals surface area contributed by atoms with Crippen LogP contribution < -0.4 is 5.32 Å². The Balaban J connectivity index is 1.53. The summed E-state index contributed by atoms with van der Waals surface area (Å²) in [5.41, 5.74) is 0.553. The highest BCUT2D eigenvalue weighted by Gasteiger charge is 2.31.